The van der Waals surface area contributed by atoms with E-state index in [9.17, 15) is 14.7 Å². The van der Waals surface area contributed by atoms with E-state index in [0.717, 1.165) is 11.3 Å². The molecule has 0 saturated heterocycles. The molecule has 1 amide bonds. The summed E-state index contributed by atoms with van der Waals surface area (Å²) in [7, 11) is 1.59. The van der Waals surface area contributed by atoms with Crippen LogP contribution in [0.3, 0.4) is 0 Å². The molecule has 0 bridgehead atoms. The molecule has 2 N–H and O–H groups in total. The van der Waals surface area contributed by atoms with Crippen molar-refractivity contribution in [3.63, 3.8) is 0 Å². The van der Waals surface area contributed by atoms with E-state index in [1.165, 1.54) is 12.1 Å². The minimum Gasteiger partial charge on any atom is -0.497 e. The van der Waals surface area contributed by atoms with Gasteiger partial charge >= 0.3 is 5.97 Å². The van der Waals surface area contributed by atoms with Crippen molar-refractivity contribution in [1.29, 1.82) is 0 Å². The van der Waals surface area contributed by atoms with Gasteiger partial charge < -0.3 is 19.9 Å². The minimum atomic E-state index is -1.07. The lowest BCUT2D eigenvalue weighted by Crippen LogP contribution is -2.22. The summed E-state index contributed by atoms with van der Waals surface area (Å²) in [4.78, 5) is 24.2. The third-order valence-corrected chi connectivity index (χ3v) is 4.09. The van der Waals surface area contributed by atoms with Crippen molar-refractivity contribution in [3.05, 3.63) is 53.6 Å². The Bertz CT molecular complexity index is 799. The first-order chi connectivity index (χ1) is 12.8. The van der Waals surface area contributed by atoms with Gasteiger partial charge in [-0.1, -0.05) is 19.1 Å². The Hall–Kier alpha value is -3.02. The molecule has 1 unspecified atom stereocenters. The number of ether oxygens (including phenoxy) is 2. The highest BCUT2D eigenvalue weighted by Gasteiger charge is 2.21. The molecule has 0 heterocycles. The molecule has 0 aliphatic rings. The van der Waals surface area contributed by atoms with Crippen LogP contribution in [-0.4, -0.2) is 30.2 Å². The maximum absolute atomic E-state index is 12.9. The van der Waals surface area contributed by atoms with E-state index in [1.54, 1.807) is 13.2 Å². The molecular formula is C21H25NO5. The standard InChI is InChI=1S/C21H25NO5/c1-5-17(14-6-9-16(26-4)10-7-14)20(23)22-18-12-15(21(24)25)8-11-19(18)27-13(2)3/h6-13,17H,5H2,1-4H3,(H,22,23)(H,24,25). The van der Waals surface area contributed by atoms with Gasteiger partial charge in [-0.25, -0.2) is 4.79 Å². The molecule has 6 nitrogen and oxygen atoms in total. The Kier molecular flexibility index (Phi) is 6.82. The van der Waals surface area contributed by atoms with Gasteiger partial charge in [0.05, 0.1) is 30.4 Å². The molecule has 2 rings (SSSR count). The van der Waals surface area contributed by atoms with Crippen LogP contribution in [0, 0.1) is 0 Å². The Morgan fingerprint density at radius 1 is 1.11 bits per heavy atom. The molecule has 6 heteroatoms. The molecule has 0 spiro atoms. The summed E-state index contributed by atoms with van der Waals surface area (Å²) in [5, 5.41) is 12.1. The molecule has 0 aromatic heterocycles. The van der Waals surface area contributed by atoms with Crippen LogP contribution in [0.5, 0.6) is 11.5 Å². The van der Waals surface area contributed by atoms with Gasteiger partial charge in [0.25, 0.3) is 0 Å². The van der Waals surface area contributed by atoms with Crippen LogP contribution in [0.15, 0.2) is 42.5 Å². The average molecular weight is 371 g/mol. The molecule has 0 saturated carbocycles. The quantitative estimate of drug-likeness (QED) is 0.722. The summed E-state index contributed by atoms with van der Waals surface area (Å²) in [6, 6.07) is 11.8. The first kappa shape index (κ1) is 20.3. The number of hydrogen-bond donors (Lipinski definition) is 2. The van der Waals surface area contributed by atoms with E-state index in [-0.39, 0.29) is 23.5 Å². The van der Waals surface area contributed by atoms with Gasteiger partial charge in [-0.15, -0.1) is 0 Å². The van der Waals surface area contributed by atoms with Crippen molar-refractivity contribution >= 4 is 17.6 Å². The predicted molar refractivity (Wildman–Crippen MR) is 104 cm³/mol. The Balaban J connectivity index is 2.30. The molecular weight excluding hydrogens is 346 g/mol. The van der Waals surface area contributed by atoms with Crippen LogP contribution in [-0.2, 0) is 4.79 Å². The highest BCUT2D eigenvalue weighted by molar-refractivity contribution is 5.98. The highest BCUT2D eigenvalue weighted by atomic mass is 16.5. The van der Waals surface area contributed by atoms with Gasteiger partial charge in [-0.05, 0) is 56.2 Å². The van der Waals surface area contributed by atoms with Crippen molar-refractivity contribution in [3.8, 4) is 11.5 Å². The number of carboxylic acid groups (broad SMARTS) is 1. The smallest absolute Gasteiger partial charge is 0.335 e. The number of nitrogens with one attached hydrogen (secondary N) is 1. The van der Waals surface area contributed by atoms with E-state index >= 15 is 0 Å². The lowest BCUT2D eigenvalue weighted by molar-refractivity contribution is -0.117. The molecule has 2 aromatic rings. The zero-order valence-electron chi connectivity index (χ0n) is 16.0. The third-order valence-electron chi connectivity index (χ3n) is 4.09. The lowest BCUT2D eigenvalue weighted by Gasteiger charge is -2.19. The monoisotopic (exact) mass is 371 g/mol. The maximum atomic E-state index is 12.9. The summed E-state index contributed by atoms with van der Waals surface area (Å²) in [5.74, 6) is -0.511. The van der Waals surface area contributed by atoms with Gasteiger partial charge in [-0.3, -0.25) is 4.79 Å². The van der Waals surface area contributed by atoms with Gasteiger partial charge in [0.2, 0.25) is 5.91 Å². The Labute approximate surface area is 159 Å². The largest absolute Gasteiger partial charge is 0.497 e. The number of rotatable bonds is 8. The van der Waals surface area contributed by atoms with Crippen LogP contribution in [0.4, 0.5) is 5.69 Å². The summed E-state index contributed by atoms with van der Waals surface area (Å²) in [6.45, 7) is 5.65. The van der Waals surface area contributed by atoms with Gasteiger partial charge in [0.15, 0.2) is 0 Å². The van der Waals surface area contributed by atoms with E-state index in [0.29, 0.717) is 17.9 Å². The molecule has 0 radical (unpaired) electrons. The van der Waals surface area contributed by atoms with Gasteiger partial charge in [-0.2, -0.15) is 0 Å². The third kappa shape index (κ3) is 5.23. The fourth-order valence-electron chi connectivity index (χ4n) is 2.75. The van der Waals surface area contributed by atoms with Crippen LogP contribution in [0.2, 0.25) is 0 Å². The highest BCUT2D eigenvalue weighted by Crippen LogP contribution is 2.30. The summed E-state index contributed by atoms with van der Waals surface area (Å²) < 4.78 is 10.9. The van der Waals surface area contributed by atoms with Gasteiger partial charge in [0.1, 0.15) is 11.5 Å². The Morgan fingerprint density at radius 2 is 1.78 bits per heavy atom. The van der Waals surface area contributed by atoms with E-state index in [1.807, 2.05) is 45.0 Å². The second-order valence-corrected chi connectivity index (χ2v) is 6.41. The van der Waals surface area contributed by atoms with Crippen molar-refractivity contribution in [2.45, 2.75) is 39.2 Å². The first-order valence-corrected chi connectivity index (χ1v) is 8.84. The number of anilines is 1. The van der Waals surface area contributed by atoms with Crippen LogP contribution in [0.1, 0.15) is 49.0 Å². The van der Waals surface area contributed by atoms with Crippen molar-refractivity contribution < 1.29 is 24.2 Å². The number of benzene rings is 2. The number of amides is 1. The van der Waals surface area contributed by atoms with E-state index < -0.39 is 5.97 Å². The zero-order valence-corrected chi connectivity index (χ0v) is 16.0. The van der Waals surface area contributed by atoms with E-state index in [4.69, 9.17) is 9.47 Å². The topological polar surface area (TPSA) is 84.9 Å². The predicted octanol–water partition coefficient (Wildman–Crippen LogP) is 4.31. The second kappa shape index (κ2) is 9.07. The minimum absolute atomic E-state index is 0.0823. The number of carboxylic acids is 1. The summed E-state index contributed by atoms with van der Waals surface area (Å²) in [6.07, 6.45) is 0.483. The number of methoxy groups -OCH3 is 1. The average Bonchev–Trinajstić information content (AvgIpc) is 2.63. The van der Waals surface area contributed by atoms with Crippen molar-refractivity contribution in [2.75, 3.05) is 12.4 Å². The lowest BCUT2D eigenvalue weighted by atomic mass is 9.95. The summed E-state index contributed by atoms with van der Waals surface area (Å²) >= 11 is 0. The SMILES string of the molecule is CCC(C(=O)Nc1cc(C(=O)O)ccc1OC(C)C)c1ccc(OC)cc1. The number of carbonyl (C=O) groups is 2. The van der Waals surface area contributed by atoms with Crippen molar-refractivity contribution in [2.24, 2.45) is 0 Å². The molecule has 144 valence electrons. The van der Waals surface area contributed by atoms with Gasteiger partial charge in [0, 0.05) is 0 Å². The molecule has 0 fully saturated rings. The zero-order chi connectivity index (χ0) is 20.0. The fourth-order valence-corrected chi connectivity index (χ4v) is 2.75. The maximum Gasteiger partial charge on any atom is 0.335 e. The number of aromatic carboxylic acids is 1. The van der Waals surface area contributed by atoms with Crippen LogP contribution in [0.25, 0.3) is 0 Å². The van der Waals surface area contributed by atoms with Crippen LogP contribution >= 0.6 is 0 Å². The molecule has 0 aliphatic carbocycles. The molecule has 0 aliphatic heterocycles. The number of carbonyl (C=O) groups excluding carboxylic acids is 1. The first-order valence-electron chi connectivity index (χ1n) is 8.84. The fraction of sp³-hybridized carbons (Fsp3) is 0.333. The van der Waals surface area contributed by atoms with Crippen molar-refractivity contribution in [1.82, 2.24) is 0 Å². The van der Waals surface area contributed by atoms with E-state index in [2.05, 4.69) is 5.32 Å². The number of hydrogen-bond acceptors (Lipinski definition) is 4. The summed E-state index contributed by atoms with van der Waals surface area (Å²) in [5.41, 5.74) is 1.29. The Morgan fingerprint density at radius 3 is 2.30 bits per heavy atom. The molecule has 1 atom stereocenters. The molecule has 2 aromatic carbocycles. The second-order valence-electron chi connectivity index (χ2n) is 6.41. The van der Waals surface area contributed by atoms with Crippen LogP contribution < -0.4 is 14.8 Å². The molecule has 27 heavy (non-hydrogen) atoms. The normalized spacial score (nSPS) is 11.7.